The lowest BCUT2D eigenvalue weighted by Crippen LogP contribution is -2.44. The molecule has 0 amide bonds. The molecule has 2 N–H and O–H groups in total. The van der Waals surface area contributed by atoms with Crippen molar-refractivity contribution < 1.29 is 37.7 Å². The van der Waals surface area contributed by atoms with Crippen LogP contribution in [0.1, 0.15) is 25.0 Å². The molecule has 1 heterocycles. The highest BCUT2D eigenvalue weighted by Gasteiger charge is 2.40. The van der Waals surface area contributed by atoms with Crippen molar-refractivity contribution >= 4 is 5.97 Å². The summed E-state index contributed by atoms with van der Waals surface area (Å²) in [5, 5.41) is 19.8. The Kier molecular flexibility index (Phi) is 4.41. The van der Waals surface area contributed by atoms with Gasteiger partial charge in [-0.2, -0.15) is 13.2 Å². The number of ether oxygens (including phenoxy) is 2. The first-order valence-corrected chi connectivity index (χ1v) is 6.67. The number of allylic oxidation sites excluding steroid dienone is 1. The second kappa shape index (κ2) is 5.86. The molecule has 126 valence electrons. The van der Waals surface area contributed by atoms with Crippen LogP contribution >= 0.6 is 0 Å². The number of carbonyl (C=O) groups is 1. The smallest absolute Gasteiger partial charge is 0.416 e. The maximum atomic E-state index is 12.7. The van der Waals surface area contributed by atoms with Crippen molar-refractivity contribution in [3.63, 3.8) is 0 Å². The SMILES string of the molecule is CC1(C)OC(=O)/C(=C(/O)Cc2cccc(C(F)(F)F)c2)C(O)O1. The van der Waals surface area contributed by atoms with Gasteiger partial charge in [-0.1, -0.05) is 18.2 Å². The molecule has 23 heavy (non-hydrogen) atoms. The summed E-state index contributed by atoms with van der Waals surface area (Å²) in [6, 6.07) is 4.29. The van der Waals surface area contributed by atoms with Crippen molar-refractivity contribution in [2.45, 2.75) is 38.5 Å². The summed E-state index contributed by atoms with van der Waals surface area (Å²) in [5.41, 5.74) is -1.28. The minimum absolute atomic E-state index is 0.120. The number of aliphatic hydroxyl groups is 2. The molecule has 2 rings (SSSR count). The number of hydrogen-bond donors (Lipinski definition) is 2. The predicted molar refractivity (Wildman–Crippen MR) is 72.1 cm³/mol. The molecule has 1 aromatic rings. The Balaban J connectivity index is 2.28. The molecule has 0 bridgehead atoms. The molecule has 0 saturated carbocycles. The normalized spacial score (nSPS) is 23.4. The van der Waals surface area contributed by atoms with Gasteiger partial charge in [-0.15, -0.1) is 0 Å². The van der Waals surface area contributed by atoms with Gasteiger partial charge in [-0.05, 0) is 11.6 Å². The van der Waals surface area contributed by atoms with Gasteiger partial charge in [-0.25, -0.2) is 4.79 Å². The second-order valence-electron chi connectivity index (χ2n) is 5.49. The van der Waals surface area contributed by atoms with E-state index in [1.54, 1.807) is 0 Å². The third-order valence-corrected chi connectivity index (χ3v) is 3.14. The summed E-state index contributed by atoms with van der Waals surface area (Å²) in [6.07, 6.45) is -6.62. The van der Waals surface area contributed by atoms with E-state index in [1.807, 2.05) is 0 Å². The molecule has 1 aromatic carbocycles. The zero-order chi connectivity index (χ0) is 17.4. The first-order chi connectivity index (χ1) is 10.5. The van der Waals surface area contributed by atoms with Crippen LogP contribution < -0.4 is 0 Å². The van der Waals surface area contributed by atoms with Gasteiger partial charge in [0.2, 0.25) is 5.79 Å². The lowest BCUT2D eigenvalue weighted by atomic mass is 10.0. The number of aliphatic hydroxyl groups excluding tert-OH is 2. The van der Waals surface area contributed by atoms with E-state index in [1.165, 1.54) is 26.0 Å². The van der Waals surface area contributed by atoms with E-state index in [4.69, 9.17) is 9.47 Å². The molecule has 0 spiro atoms. The van der Waals surface area contributed by atoms with E-state index < -0.39 is 41.1 Å². The summed E-state index contributed by atoms with van der Waals surface area (Å²) in [6.45, 7) is 2.80. The van der Waals surface area contributed by atoms with Crippen LogP contribution in [-0.2, 0) is 26.9 Å². The monoisotopic (exact) mass is 332 g/mol. The number of rotatable bonds is 2. The summed E-state index contributed by atoms with van der Waals surface area (Å²) in [4.78, 5) is 11.8. The van der Waals surface area contributed by atoms with Gasteiger partial charge in [0.1, 0.15) is 11.3 Å². The van der Waals surface area contributed by atoms with Crippen LogP contribution in [0.3, 0.4) is 0 Å². The minimum Gasteiger partial charge on any atom is -0.511 e. The Bertz CT molecular complexity index is 649. The average molecular weight is 332 g/mol. The van der Waals surface area contributed by atoms with Gasteiger partial charge in [0.05, 0.1) is 5.56 Å². The molecule has 0 radical (unpaired) electrons. The van der Waals surface area contributed by atoms with E-state index in [0.717, 1.165) is 12.1 Å². The largest absolute Gasteiger partial charge is 0.511 e. The van der Waals surface area contributed by atoms with Crippen LogP contribution in [0.5, 0.6) is 0 Å². The Morgan fingerprint density at radius 1 is 1.35 bits per heavy atom. The first kappa shape index (κ1) is 17.3. The van der Waals surface area contributed by atoms with Crippen LogP contribution in [0.15, 0.2) is 35.6 Å². The summed E-state index contributed by atoms with van der Waals surface area (Å²) < 4.78 is 47.9. The standard InChI is InChI=1S/C15H15F3O5/c1-14(2)22-12(20)11(13(21)23-14)10(19)7-8-4-3-5-9(6-8)15(16,17)18/h3-6,12,19-20H,7H2,1-2H3/b11-10+. The van der Waals surface area contributed by atoms with Crippen molar-refractivity contribution in [3.8, 4) is 0 Å². The van der Waals surface area contributed by atoms with E-state index in [2.05, 4.69) is 0 Å². The van der Waals surface area contributed by atoms with Crippen LogP contribution in [0.4, 0.5) is 13.2 Å². The highest BCUT2D eigenvalue weighted by Crippen LogP contribution is 2.31. The van der Waals surface area contributed by atoms with Gasteiger partial charge in [-0.3, -0.25) is 0 Å². The maximum Gasteiger partial charge on any atom is 0.416 e. The molecular weight excluding hydrogens is 317 g/mol. The number of carbonyl (C=O) groups excluding carboxylic acids is 1. The van der Waals surface area contributed by atoms with Gasteiger partial charge >= 0.3 is 12.1 Å². The fourth-order valence-corrected chi connectivity index (χ4v) is 2.14. The number of alkyl halides is 3. The zero-order valence-electron chi connectivity index (χ0n) is 12.3. The zero-order valence-corrected chi connectivity index (χ0v) is 12.3. The fourth-order valence-electron chi connectivity index (χ4n) is 2.14. The van der Waals surface area contributed by atoms with Crippen LogP contribution in [-0.4, -0.2) is 28.3 Å². The predicted octanol–water partition coefficient (Wildman–Crippen LogP) is 2.69. The summed E-state index contributed by atoms with van der Waals surface area (Å²) >= 11 is 0. The van der Waals surface area contributed by atoms with Gasteiger partial charge in [0.15, 0.2) is 6.29 Å². The molecule has 0 aromatic heterocycles. The summed E-state index contributed by atoms with van der Waals surface area (Å²) in [7, 11) is 0. The Hall–Kier alpha value is -2.06. The molecule has 1 aliphatic heterocycles. The van der Waals surface area contributed by atoms with Crippen LogP contribution in [0, 0.1) is 0 Å². The number of benzene rings is 1. The first-order valence-electron chi connectivity index (χ1n) is 6.67. The second-order valence-corrected chi connectivity index (χ2v) is 5.49. The van der Waals surface area contributed by atoms with Crippen molar-refractivity contribution in [3.05, 3.63) is 46.7 Å². The van der Waals surface area contributed by atoms with Crippen molar-refractivity contribution in [2.24, 2.45) is 0 Å². The Morgan fingerprint density at radius 2 is 2.00 bits per heavy atom. The van der Waals surface area contributed by atoms with E-state index in [9.17, 15) is 28.2 Å². The highest BCUT2D eigenvalue weighted by atomic mass is 19.4. The number of hydrogen-bond acceptors (Lipinski definition) is 5. The molecule has 1 saturated heterocycles. The molecule has 0 aliphatic carbocycles. The number of esters is 1. The lowest BCUT2D eigenvalue weighted by molar-refractivity contribution is -0.280. The van der Waals surface area contributed by atoms with Crippen molar-refractivity contribution in [1.82, 2.24) is 0 Å². The molecular formula is C15H15F3O5. The summed E-state index contributed by atoms with van der Waals surface area (Å²) in [5.74, 6) is -2.97. The van der Waals surface area contributed by atoms with Gasteiger partial charge in [0.25, 0.3) is 0 Å². The van der Waals surface area contributed by atoms with Gasteiger partial charge in [0, 0.05) is 20.3 Å². The molecule has 5 nitrogen and oxygen atoms in total. The topological polar surface area (TPSA) is 76.0 Å². The maximum absolute atomic E-state index is 12.7. The van der Waals surface area contributed by atoms with E-state index in [0.29, 0.717) is 0 Å². The molecule has 1 atom stereocenters. The van der Waals surface area contributed by atoms with Crippen LogP contribution in [0.25, 0.3) is 0 Å². The van der Waals surface area contributed by atoms with E-state index >= 15 is 0 Å². The van der Waals surface area contributed by atoms with Crippen molar-refractivity contribution in [2.75, 3.05) is 0 Å². The Labute approximate surface area is 129 Å². The Morgan fingerprint density at radius 3 is 2.57 bits per heavy atom. The molecule has 1 aliphatic rings. The third-order valence-electron chi connectivity index (χ3n) is 3.14. The van der Waals surface area contributed by atoms with Crippen LogP contribution in [0.2, 0.25) is 0 Å². The van der Waals surface area contributed by atoms with Crippen molar-refractivity contribution in [1.29, 1.82) is 0 Å². The quantitative estimate of drug-likeness (QED) is 0.495. The number of cyclic esters (lactones) is 1. The van der Waals surface area contributed by atoms with Gasteiger partial charge < -0.3 is 19.7 Å². The fraction of sp³-hybridized carbons (Fsp3) is 0.400. The molecule has 1 unspecified atom stereocenters. The minimum atomic E-state index is -4.52. The average Bonchev–Trinajstić information content (AvgIpc) is 2.35. The lowest BCUT2D eigenvalue weighted by Gasteiger charge is -2.34. The molecule has 8 heteroatoms. The van der Waals surface area contributed by atoms with E-state index in [-0.39, 0.29) is 12.0 Å². The number of halogens is 3. The third kappa shape index (κ3) is 4.02. The molecule has 1 fully saturated rings. The highest BCUT2D eigenvalue weighted by molar-refractivity contribution is 5.90.